The van der Waals surface area contributed by atoms with Crippen molar-refractivity contribution in [3.05, 3.63) is 58.6 Å². The lowest BCUT2D eigenvalue weighted by atomic mass is 9.71. The fraction of sp³-hybridized carbons (Fsp3) is 0.519. The van der Waals surface area contributed by atoms with E-state index >= 15 is 0 Å². The number of benzene rings is 2. The zero-order chi connectivity index (χ0) is 23.7. The maximum absolute atomic E-state index is 14.2. The summed E-state index contributed by atoms with van der Waals surface area (Å²) in [6.07, 6.45) is 10.7. The quantitative estimate of drug-likeness (QED) is 0.427. The molecule has 3 aliphatic rings. The van der Waals surface area contributed by atoms with E-state index in [4.69, 9.17) is 11.6 Å². The Bertz CT molecular complexity index is 1000. The molecule has 7 heteroatoms. The average Bonchev–Trinajstić information content (AvgIpc) is 3.19. The van der Waals surface area contributed by atoms with Gasteiger partial charge in [0.15, 0.2) is 11.6 Å². The summed E-state index contributed by atoms with van der Waals surface area (Å²) in [6, 6.07) is 9.90. The van der Waals surface area contributed by atoms with Crippen LogP contribution in [0.15, 0.2) is 36.4 Å². The molecule has 1 atom stereocenters. The van der Waals surface area contributed by atoms with E-state index in [1.54, 1.807) is 12.1 Å². The first-order valence-electron chi connectivity index (χ1n) is 12.6. The number of hydrogen-bond donors (Lipinski definition) is 3. The first-order valence-corrected chi connectivity index (χ1v) is 13.0. The van der Waals surface area contributed by atoms with Gasteiger partial charge in [0.1, 0.15) is 5.66 Å². The Morgan fingerprint density at radius 2 is 1.41 bits per heavy atom. The molecule has 0 aromatic heterocycles. The Hall–Kier alpha value is -2.34. The molecule has 2 aliphatic carbocycles. The lowest BCUT2D eigenvalue weighted by molar-refractivity contribution is -0.130. The summed E-state index contributed by atoms with van der Waals surface area (Å²) < 4.78 is 28.3. The molecule has 5 rings (SSSR count). The predicted octanol–water partition coefficient (Wildman–Crippen LogP) is 6.95. The van der Waals surface area contributed by atoms with Gasteiger partial charge in [-0.25, -0.2) is 8.78 Å². The van der Waals surface area contributed by atoms with E-state index in [0.717, 1.165) is 56.9 Å². The minimum atomic E-state index is -1.03. The Balaban J connectivity index is 1.58. The van der Waals surface area contributed by atoms with Crippen molar-refractivity contribution in [3.8, 4) is 0 Å². The van der Waals surface area contributed by atoms with Crippen molar-refractivity contribution in [3.63, 3.8) is 0 Å². The van der Waals surface area contributed by atoms with Gasteiger partial charge < -0.3 is 16.0 Å². The molecule has 0 radical (unpaired) electrons. The molecule has 34 heavy (non-hydrogen) atoms. The lowest BCUT2D eigenvalue weighted by Crippen LogP contribution is -2.56. The van der Waals surface area contributed by atoms with Gasteiger partial charge in [-0.15, -0.1) is 0 Å². The summed E-state index contributed by atoms with van der Waals surface area (Å²) in [5.74, 6) is -2.16. The number of anilines is 2. The van der Waals surface area contributed by atoms with Crippen LogP contribution in [0, 0.1) is 23.5 Å². The molecule has 2 aromatic rings. The summed E-state index contributed by atoms with van der Waals surface area (Å²) in [7, 11) is 0. The summed E-state index contributed by atoms with van der Waals surface area (Å²) in [6.45, 7) is 0. The highest BCUT2D eigenvalue weighted by molar-refractivity contribution is 6.30. The number of nitrogens with one attached hydrogen (secondary N) is 3. The monoisotopic (exact) mass is 487 g/mol. The highest BCUT2D eigenvalue weighted by Gasteiger charge is 2.52. The highest BCUT2D eigenvalue weighted by Crippen LogP contribution is 2.49. The van der Waals surface area contributed by atoms with Crippen LogP contribution in [0.4, 0.5) is 20.2 Å². The van der Waals surface area contributed by atoms with Gasteiger partial charge in [0.05, 0.1) is 17.3 Å². The molecule has 1 aliphatic heterocycles. The van der Waals surface area contributed by atoms with Crippen LogP contribution in [-0.4, -0.2) is 11.9 Å². The smallest absolute Gasteiger partial charge is 0.228 e. The summed E-state index contributed by atoms with van der Waals surface area (Å²) in [5, 5.41) is 10.8. The maximum Gasteiger partial charge on any atom is 0.228 e. The molecule has 1 heterocycles. The second-order valence-corrected chi connectivity index (χ2v) is 10.5. The first kappa shape index (κ1) is 23.4. The fourth-order valence-electron chi connectivity index (χ4n) is 6.17. The van der Waals surface area contributed by atoms with Gasteiger partial charge in [-0.1, -0.05) is 62.3 Å². The van der Waals surface area contributed by atoms with E-state index in [1.165, 1.54) is 25.0 Å². The second kappa shape index (κ2) is 9.73. The standard InChI is InChI=1S/C27H32ClF2N3O/c28-19-13-11-18(12-14-19)27(32-23-15-21(29)22(30)16-24(23)33-27)25(17-7-3-1-4-8-17)26(34)31-20-9-5-2-6-10-20/h11-17,20,25,32-33H,1-10H2,(H,31,34). The number of hydrogen-bond acceptors (Lipinski definition) is 3. The topological polar surface area (TPSA) is 53.2 Å². The molecule has 1 unspecified atom stereocenters. The highest BCUT2D eigenvalue weighted by atomic mass is 35.5. The van der Waals surface area contributed by atoms with Crippen LogP contribution in [0.25, 0.3) is 0 Å². The Morgan fingerprint density at radius 3 is 1.97 bits per heavy atom. The SMILES string of the molecule is O=C(NC1CCCCC1)C(C1CCCCC1)C1(c2ccc(Cl)cc2)Nc2cc(F)c(F)cc2N1. The van der Waals surface area contributed by atoms with Gasteiger partial charge in [-0.2, -0.15) is 0 Å². The van der Waals surface area contributed by atoms with E-state index in [0.29, 0.717) is 16.4 Å². The van der Waals surface area contributed by atoms with Crippen molar-refractivity contribution in [2.75, 3.05) is 10.6 Å². The van der Waals surface area contributed by atoms with E-state index in [9.17, 15) is 13.6 Å². The molecule has 2 aromatic carbocycles. The Kier molecular flexibility index (Phi) is 6.70. The number of amides is 1. The van der Waals surface area contributed by atoms with E-state index in [-0.39, 0.29) is 17.9 Å². The lowest BCUT2D eigenvalue weighted by Gasteiger charge is -2.44. The molecule has 2 fully saturated rings. The largest absolute Gasteiger partial charge is 0.357 e. The van der Waals surface area contributed by atoms with Crippen molar-refractivity contribution >= 4 is 28.9 Å². The zero-order valence-electron chi connectivity index (χ0n) is 19.3. The van der Waals surface area contributed by atoms with Crippen molar-refractivity contribution in [1.29, 1.82) is 0 Å². The number of halogens is 3. The normalized spacial score (nSPS) is 21.3. The van der Waals surface area contributed by atoms with Crippen LogP contribution >= 0.6 is 11.6 Å². The molecule has 182 valence electrons. The van der Waals surface area contributed by atoms with Crippen LogP contribution in [0.3, 0.4) is 0 Å². The first-order chi connectivity index (χ1) is 16.5. The van der Waals surface area contributed by atoms with E-state index in [1.807, 2.05) is 12.1 Å². The summed E-state index contributed by atoms with van der Waals surface area (Å²) >= 11 is 6.19. The van der Waals surface area contributed by atoms with E-state index in [2.05, 4.69) is 16.0 Å². The molecule has 4 nitrogen and oxygen atoms in total. The van der Waals surface area contributed by atoms with E-state index < -0.39 is 23.2 Å². The minimum absolute atomic E-state index is 0.00231. The number of fused-ring (bicyclic) bond motifs is 1. The third-order valence-corrected chi connectivity index (χ3v) is 8.10. The van der Waals surface area contributed by atoms with Gasteiger partial charge in [-0.05, 0) is 49.3 Å². The van der Waals surface area contributed by atoms with Crippen LogP contribution in [0.5, 0.6) is 0 Å². The third-order valence-electron chi connectivity index (χ3n) is 7.85. The average molecular weight is 488 g/mol. The Labute approximate surface area is 204 Å². The number of carbonyl (C=O) groups is 1. The summed E-state index contributed by atoms with van der Waals surface area (Å²) in [4.78, 5) is 14.1. The van der Waals surface area contributed by atoms with Gasteiger partial charge in [0, 0.05) is 23.2 Å². The van der Waals surface area contributed by atoms with Crippen LogP contribution in [0.2, 0.25) is 5.02 Å². The van der Waals surface area contributed by atoms with Crippen LogP contribution < -0.4 is 16.0 Å². The molecular weight excluding hydrogens is 456 g/mol. The number of rotatable bonds is 5. The molecule has 0 bridgehead atoms. The van der Waals surface area contributed by atoms with Gasteiger partial charge in [-0.3, -0.25) is 4.79 Å². The van der Waals surface area contributed by atoms with Crippen molar-refractivity contribution in [1.82, 2.24) is 5.32 Å². The molecule has 1 amide bonds. The molecule has 2 saturated carbocycles. The van der Waals surface area contributed by atoms with Crippen molar-refractivity contribution in [2.45, 2.75) is 75.9 Å². The van der Waals surface area contributed by atoms with Crippen LogP contribution in [-0.2, 0) is 10.5 Å². The Morgan fingerprint density at radius 1 is 0.882 bits per heavy atom. The zero-order valence-corrected chi connectivity index (χ0v) is 20.1. The third kappa shape index (κ3) is 4.49. The number of carbonyl (C=O) groups excluding carboxylic acids is 1. The van der Waals surface area contributed by atoms with Gasteiger partial charge >= 0.3 is 0 Å². The summed E-state index contributed by atoms with van der Waals surface area (Å²) in [5.41, 5.74) is 0.706. The fourth-order valence-corrected chi connectivity index (χ4v) is 6.30. The van der Waals surface area contributed by atoms with Gasteiger partial charge in [0.2, 0.25) is 5.91 Å². The van der Waals surface area contributed by atoms with Crippen molar-refractivity contribution in [2.24, 2.45) is 11.8 Å². The predicted molar refractivity (Wildman–Crippen MR) is 132 cm³/mol. The van der Waals surface area contributed by atoms with Crippen molar-refractivity contribution < 1.29 is 13.6 Å². The molecule has 0 spiro atoms. The van der Waals surface area contributed by atoms with Crippen LogP contribution in [0.1, 0.15) is 69.8 Å². The molecule has 0 saturated heterocycles. The molecular formula is C27H32ClF2N3O. The second-order valence-electron chi connectivity index (χ2n) is 10.1. The minimum Gasteiger partial charge on any atom is -0.357 e. The maximum atomic E-state index is 14.2. The van der Waals surface area contributed by atoms with Gasteiger partial charge in [0.25, 0.3) is 0 Å². The molecule has 3 N–H and O–H groups in total.